The lowest BCUT2D eigenvalue weighted by Crippen LogP contribution is -2.46. The first kappa shape index (κ1) is 11.9. The highest BCUT2D eigenvalue weighted by Gasteiger charge is 2.43. The largest absolute Gasteiger partial charge is 0.481 e. The van der Waals surface area contributed by atoms with Gasteiger partial charge in [-0.15, -0.1) is 0 Å². The van der Waals surface area contributed by atoms with Crippen LogP contribution in [0.2, 0.25) is 0 Å². The molecule has 1 aliphatic heterocycles. The maximum atomic E-state index is 12.1. The predicted molar refractivity (Wildman–Crippen MR) is 58.5 cm³/mol. The van der Waals surface area contributed by atoms with E-state index in [0.717, 1.165) is 25.7 Å². The summed E-state index contributed by atoms with van der Waals surface area (Å²) in [6.45, 7) is 0.497. The van der Waals surface area contributed by atoms with Gasteiger partial charge in [0.25, 0.3) is 0 Å². The van der Waals surface area contributed by atoms with Crippen molar-refractivity contribution in [2.45, 2.75) is 49.8 Å². The topological polar surface area (TPSA) is 74.7 Å². The Morgan fingerprint density at radius 3 is 2.50 bits per heavy atom. The first-order valence-electron chi connectivity index (χ1n) is 5.74. The molecule has 0 amide bonds. The molecule has 2 fully saturated rings. The van der Waals surface area contributed by atoms with Crippen molar-refractivity contribution in [1.29, 1.82) is 0 Å². The summed E-state index contributed by atoms with van der Waals surface area (Å²) in [6, 6.07) is -0.322. The van der Waals surface area contributed by atoms with Crippen LogP contribution in [0.15, 0.2) is 0 Å². The molecule has 5 nitrogen and oxygen atoms in total. The summed E-state index contributed by atoms with van der Waals surface area (Å²) >= 11 is 0. The maximum absolute atomic E-state index is 12.1. The first-order valence-corrected chi connectivity index (χ1v) is 7.24. The Bertz CT molecular complexity index is 374. The van der Waals surface area contributed by atoms with E-state index in [1.54, 1.807) is 0 Å². The lowest BCUT2D eigenvalue weighted by atomic mass is 10.0. The highest BCUT2D eigenvalue weighted by atomic mass is 32.2. The second-order valence-electron chi connectivity index (χ2n) is 4.60. The number of sulfonamides is 1. The van der Waals surface area contributed by atoms with Crippen LogP contribution in [0.5, 0.6) is 0 Å². The summed E-state index contributed by atoms with van der Waals surface area (Å²) in [5.41, 5.74) is 0. The highest BCUT2D eigenvalue weighted by Crippen LogP contribution is 2.34. The fourth-order valence-electron chi connectivity index (χ4n) is 2.27. The zero-order chi connectivity index (χ0) is 11.8. The van der Waals surface area contributed by atoms with E-state index in [-0.39, 0.29) is 17.7 Å². The van der Waals surface area contributed by atoms with Crippen LogP contribution < -0.4 is 0 Å². The molecular formula is C10H17NO4S. The Hall–Kier alpha value is -0.620. The molecule has 1 aliphatic carbocycles. The van der Waals surface area contributed by atoms with Gasteiger partial charge in [0.2, 0.25) is 10.0 Å². The molecule has 92 valence electrons. The fraction of sp³-hybridized carbons (Fsp3) is 0.900. The molecule has 0 aromatic carbocycles. The number of hydrogen-bond acceptors (Lipinski definition) is 3. The van der Waals surface area contributed by atoms with Gasteiger partial charge in [0.05, 0.1) is 11.7 Å². The highest BCUT2D eigenvalue weighted by molar-refractivity contribution is 7.90. The molecule has 1 saturated heterocycles. The van der Waals surface area contributed by atoms with Crippen LogP contribution in [0.4, 0.5) is 0 Å². The number of carboxylic acids is 1. The van der Waals surface area contributed by atoms with Gasteiger partial charge in [0, 0.05) is 12.6 Å². The molecule has 1 atom stereocenters. The minimum Gasteiger partial charge on any atom is -0.481 e. The van der Waals surface area contributed by atoms with Gasteiger partial charge in [0.1, 0.15) is 0 Å². The third-order valence-corrected chi connectivity index (χ3v) is 5.70. The van der Waals surface area contributed by atoms with Crippen molar-refractivity contribution in [3.05, 3.63) is 0 Å². The molecule has 1 heterocycles. The molecule has 0 aromatic heterocycles. The number of nitrogens with zero attached hydrogens (tertiary/aromatic N) is 1. The van der Waals surface area contributed by atoms with E-state index in [1.165, 1.54) is 4.31 Å². The molecule has 0 radical (unpaired) electrons. The summed E-state index contributed by atoms with van der Waals surface area (Å²) < 4.78 is 25.6. The van der Waals surface area contributed by atoms with E-state index in [9.17, 15) is 13.2 Å². The molecule has 6 heteroatoms. The molecule has 1 unspecified atom stereocenters. The van der Waals surface area contributed by atoms with Crippen molar-refractivity contribution >= 4 is 16.0 Å². The van der Waals surface area contributed by atoms with Crippen molar-refractivity contribution in [2.75, 3.05) is 6.54 Å². The van der Waals surface area contributed by atoms with Crippen LogP contribution in [0.25, 0.3) is 0 Å². The van der Waals surface area contributed by atoms with E-state index < -0.39 is 16.0 Å². The summed E-state index contributed by atoms with van der Waals surface area (Å²) in [5, 5.41) is 8.55. The Labute approximate surface area is 95.5 Å². The number of carboxylic acid groups (broad SMARTS) is 1. The van der Waals surface area contributed by atoms with Crippen LogP contribution in [0.3, 0.4) is 0 Å². The second-order valence-corrected chi connectivity index (χ2v) is 6.77. The van der Waals surface area contributed by atoms with Crippen molar-refractivity contribution in [3.8, 4) is 0 Å². The Kier molecular flexibility index (Phi) is 3.21. The van der Waals surface area contributed by atoms with Crippen molar-refractivity contribution in [3.63, 3.8) is 0 Å². The fourth-order valence-corrected chi connectivity index (χ4v) is 4.37. The monoisotopic (exact) mass is 247 g/mol. The molecule has 0 bridgehead atoms. The van der Waals surface area contributed by atoms with Crippen molar-refractivity contribution in [2.24, 2.45) is 0 Å². The predicted octanol–water partition coefficient (Wildman–Crippen LogP) is 0.808. The van der Waals surface area contributed by atoms with Gasteiger partial charge in [0.15, 0.2) is 0 Å². The van der Waals surface area contributed by atoms with Crippen LogP contribution in [-0.2, 0) is 14.8 Å². The summed E-state index contributed by atoms with van der Waals surface area (Å²) in [6.07, 6.45) is 3.86. The molecular weight excluding hydrogens is 230 g/mol. The number of rotatable bonds is 4. The average Bonchev–Trinajstić information content (AvgIpc) is 3.00. The molecule has 2 rings (SSSR count). The van der Waals surface area contributed by atoms with E-state index in [1.807, 2.05) is 0 Å². The third-order valence-electron chi connectivity index (χ3n) is 3.26. The second kappa shape index (κ2) is 4.33. The molecule has 0 aromatic rings. The SMILES string of the molecule is O=C(O)CC1CCCCN1S(=O)(=O)C1CC1. The van der Waals surface area contributed by atoms with E-state index in [0.29, 0.717) is 13.0 Å². The number of piperidine rings is 1. The molecule has 1 N–H and O–H groups in total. The summed E-state index contributed by atoms with van der Waals surface area (Å²) in [4.78, 5) is 10.7. The zero-order valence-electron chi connectivity index (χ0n) is 9.13. The number of aliphatic carboxylic acids is 1. The van der Waals surface area contributed by atoms with Gasteiger partial charge in [-0.25, -0.2) is 8.42 Å². The van der Waals surface area contributed by atoms with Gasteiger partial charge in [-0.1, -0.05) is 6.42 Å². The van der Waals surface area contributed by atoms with Gasteiger partial charge in [-0.3, -0.25) is 4.79 Å². The summed E-state index contributed by atoms with van der Waals surface area (Å²) in [7, 11) is -3.21. The molecule has 1 saturated carbocycles. The van der Waals surface area contributed by atoms with E-state index in [4.69, 9.17) is 5.11 Å². The van der Waals surface area contributed by atoms with Crippen LogP contribution in [0.1, 0.15) is 38.5 Å². The van der Waals surface area contributed by atoms with Crippen molar-refractivity contribution < 1.29 is 18.3 Å². The quantitative estimate of drug-likeness (QED) is 0.797. The van der Waals surface area contributed by atoms with Crippen LogP contribution in [0, 0.1) is 0 Å². The molecule has 2 aliphatic rings. The smallest absolute Gasteiger partial charge is 0.304 e. The lowest BCUT2D eigenvalue weighted by Gasteiger charge is -2.33. The Morgan fingerprint density at radius 2 is 1.94 bits per heavy atom. The average molecular weight is 247 g/mol. The standard InChI is InChI=1S/C10H17NO4S/c12-10(13)7-8-3-1-2-6-11(8)16(14,15)9-4-5-9/h8-9H,1-7H2,(H,12,13). The first-order chi connectivity index (χ1) is 7.51. The van der Waals surface area contributed by atoms with Gasteiger partial charge in [-0.2, -0.15) is 4.31 Å². The van der Waals surface area contributed by atoms with Gasteiger partial charge in [-0.05, 0) is 25.7 Å². The van der Waals surface area contributed by atoms with Gasteiger partial charge < -0.3 is 5.11 Å². The number of hydrogen-bond donors (Lipinski definition) is 1. The van der Waals surface area contributed by atoms with Gasteiger partial charge >= 0.3 is 5.97 Å². The Morgan fingerprint density at radius 1 is 1.25 bits per heavy atom. The third kappa shape index (κ3) is 2.38. The molecule has 0 spiro atoms. The summed E-state index contributed by atoms with van der Waals surface area (Å²) in [5.74, 6) is -0.914. The van der Waals surface area contributed by atoms with E-state index >= 15 is 0 Å². The zero-order valence-corrected chi connectivity index (χ0v) is 9.95. The Balaban J connectivity index is 2.12. The maximum Gasteiger partial charge on any atom is 0.304 e. The molecule has 16 heavy (non-hydrogen) atoms. The van der Waals surface area contributed by atoms with Crippen LogP contribution in [-0.4, -0.2) is 41.6 Å². The normalized spacial score (nSPS) is 27.9. The van der Waals surface area contributed by atoms with E-state index in [2.05, 4.69) is 0 Å². The minimum absolute atomic E-state index is 0.0635. The van der Waals surface area contributed by atoms with Crippen LogP contribution >= 0.6 is 0 Å². The lowest BCUT2D eigenvalue weighted by molar-refractivity contribution is -0.138. The number of carbonyl (C=O) groups is 1. The minimum atomic E-state index is -3.21. The van der Waals surface area contributed by atoms with Crippen molar-refractivity contribution in [1.82, 2.24) is 4.31 Å².